The summed E-state index contributed by atoms with van der Waals surface area (Å²) in [4.78, 5) is 24.1. The van der Waals surface area contributed by atoms with Gasteiger partial charge in [0.15, 0.2) is 0 Å². The van der Waals surface area contributed by atoms with Crippen molar-refractivity contribution in [1.82, 2.24) is 15.2 Å². The van der Waals surface area contributed by atoms with Crippen LogP contribution in [-0.4, -0.2) is 30.6 Å². The Balaban J connectivity index is 2.11. The number of hydrogen-bond acceptors (Lipinski definition) is 3. The van der Waals surface area contributed by atoms with Gasteiger partial charge in [-0.25, -0.2) is 0 Å². The van der Waals surface area contributed by atoms with Gasteiger partial charge in [0.25, 0.3) is 11.5 Å². The number of carbonyl (C=O) groups is 1. The van der Waals surface area contributed by atoms with Crippen molar-refractivity contribution in [2.75, 3.05) is 20.1 Å². The van der Waals surface area contributed by atoms with E-state index in [4.69, 9.17) is 11.6 Å². The zero-order chi connectivity index (χ0) is 16.7. The number of halogens is 1. The molecule has 1 heterocycles. The van der Waals surface area contributed by atoms with E-state index in [0.29, 0.717) is 23.7 Å². The van der Waals surface area contributed by atoms with Gasteiger partial charge in [0.2, 0.25) is 0 Å². The highest BCUT2D eigenvalue weighted by Gasteiger charge is 2.08. The van der Waals surface area contributed by atoms with Crippen molar-refractivity contribution in [3.63, 3.8) is 0 Å². The number of amides is 1. The minimum absolute atomic E-state index is 0.170. The molecule has 122 valence electrons. The third-order valence-electron chi connectivity index (χ3n) is 3.43. The zero-order valence-corrected chi connectivity index (χ0v) is 13.8. The van der Waals surface area contributed by atoms with E-state index in [1.807, 2.05) is 25.2 Å². The first-order valence-electron chi connectivity index (χ1n) is 7.48. The Hall–Kier alpha value is -2.11. The fourth-order valence-electron chi connectivity index (χ4n) is 2.17. The third-order valence-corrected chi connectivity index (χ3v) is 3.80. The molecule has 0 radical (unpaired) electrons. The smallest absolute Gasteiger partial charge is 0.252 e. The van der Waals surface area contributed by atoms with Crippen LogP contribution in [0.3, 0.4) is 0 Å². The summed E-state index contributed by atoms with van der Waals surface area (Å²) in [7, 11) is 1.87. The molecule has 0 spiro atoms. The minimum atomic E-state index is -0.186. The summed E-state index contributed by atoms with van der Waals surface area (Å²) in [5, 5.41) is 6.45. The molecule has 0 atom stereocenters. The Morgan fingerprint density at radius 1 is 1.17 bits per heavy atom. The molecule has 2 N–H and O–H groups in total. The molecule has 1 aromatic carbocycles. The Kier molecular flexibility index (Phi) is 6.38. The highest BCUT2D eigenvalue weighted by Crippen LogP contribution is 2.15. The summed E-state index contributed by atoms with van der Waals surface area (Å²) in [6, 6.07) is 10.3. The Bertz CT molecular complexity index is 728. The average Bonchev–Trinajstić information content (AvgIpc) is 2.55. The standard InChI is InChI=1S/C17H20ClN3O2/c1-19-9-4-10-20-17(23)14-7-8-16(22)21(12-14)11-13-5-2-3-6-15(13)18/h2-3,5-8,12,19H,4,9-11H2,1H3,(H,20,23). The number of hydrogen-bond donors (Lipinski definition) is 2. The highest BCUT2D eigenvalue weighted by atomic mass is 35.5. The van der Waals surface area contributed by atoms with Crippen molar-refractivity contribution in [1.29, 1.82) is 0 Å². The molecule has 1 amide bonds. The number of pyridine rings is 1. The van der Waals surface area contributed by atoms with Crippen LogP contribution in [-0.2, 0) is 6.54 Å². The SMILES string of the molecule is CNCCCNC(=O)c1ccc(=O)n(Cc2ccccc2Cl)c1. The Labute approximate surface area is 140 Å². The maximum atomic E-state index is 12.1. The molecule has 0 bridgehead atoms. The first kappa shape index (κ1) is 17.2. The molecule has 0 fully saturated rings. The average molecular weight is 334 g/mol. The van der Waals surface area contributed by atoms with Crippen molar-refractivity contribution in [3.05, 3.63) is 69.1 Å². The van der Waals surface area contributed by atoms with Crippen molar-refractivity contribution in [2.45, 2.75) is 13.0 Å². The molecule has 0 saturated heterocycles. The van der Waals surface area contributed by atoms with Crippen LogP contribution in [0.4, 0.5) is 0 Å². The second-order valence-electron chi connectivity index (χ2n) is 5.19. The lowest BCUT2D eigenvalue weighted by Gasteiger charge is -2.10. The van der Waals surface area contributed by atoms with Gasteiger partial charge in [0.05, 0.1) is 12.1 Å². The highest BCUT2D eigenvalue weighted by molar-refractivity contribution is 6.31. The molecule has 0 aliphatic rings. The van der Waals surface area contributed by atoms with Gasteiger partial charge < -0.3 is 15.2 Å². The zero-order valence-electron chi connectivity index (χ0n) is 13.0. The Morgan fingerprint density at radius 3 is 2.70 bits per heavy atom. The number of nitrogens with zero attached hydrogens (tertiary/aromatic N) is 1. The van der Waals surface area contributed by atoms with Crippen LogP contribution in [0.25, 0.3) is 0 Å². The van der Waals surface area contributed by atoms with E-state index >= 15 is 0 Å². The van der Waals surface area contributed by atoms with Gasteiger partial charge in [-0.05, 0) is 37.7 Å². The molecule has 2 rings (SSSR count). The molecule has 0 unspecified atom stereocenters. The van der Waals surface area contributed by atoms with E-state index in [1.54, 1.807) is 18.3 Å². The van der Waals surface area contributed by atoms with Gasteiger partial charge >= 0.3 is 0 Å². The van der Waals surface area contributed by atoms with Gasteiger partial charge in [-0.1, -0.05) is 29.8 Å². The van der Waals surface area contributed by atoms with Crippen LogP contribution in [0.1, 0.15) is 22.3 Å². The summed E-state index contributed by atoms with van der Waals surface area (Å²) in [6.45, 7) is 1.76. The molecule has 0 aliphatic heterocycles. The maximum absolute atomic E-state index is 12.1. The van der Waals surface area contributed by atoms with Crippen LogP contribution in [0.5, 0.6) is 0 Å². The first-order valence-corrected chi connectivity index (χ1v) is 7.86. The number of rotatable bonds is 7. The minimum Gasteiger partial charge on any atom is -0.352 e. The van der Waals surface area contributed by atoms with Crippen molar-refractivity contribution < 1.29 is 4.79 Å². The topological polar surface area (TPSA) is 63.1 Å². The van der Waals surface area contributed by atoms with Crippen molar-refractivity contribution >= 4 is 17.5 Å². The summed E-state index contributed by atoms with van der Waals surface area (Å²) in [5.41, 5.74) is 1.13. The summed E-state index contributed by atoms with van der Waals surface area (Å²) < 4.78 is 1.49. The van der Waals surface area contributed by atoms with Gasteiger partial charge in [-0.2, -0.15) is 0 Å². The predicted octanol–water partition coefficient (Wildman–Crippen LogP) is 1.89. The molecule has 23 heavy (non-hydrogen) atoms. The molecule has 0 saturated carbocycles. The quantitative estimate of drug-likeness (QED) is 0.761. The first-order chi connectivity index (χ1) is 11.1. The number of nitrogens with one attached hydrogen (secondary N) is 2. The van der Waals surface area contributed by atoms with E-state index in [-0.39, 0.29) is 11.5 Å². The van der Waals surface area contributed by atoms with Gasteiger partial charge in [-0.3, -0.25) is 9.59 Å². The summed E-state index contributed by atoms with van der Waals surface area (Å²) in [6.07, 6.45) is 2.42. The fraction of sp³-hybridized carbons (Fsp3) is 0.294. The lowest BCUT2D eigenvalue weighted by atomic mass is 10.2. The van der Waals surface area contributed by atoms with Crippen LogP contribution in [0, 0.1) is 0 Å². The van der Waals surface area contributed by atoms with Gasteiger partial charge in [0, 0.05) is 23.8 Å². The second kappa shape index (κ2) is 8.50. The fourth-order valence-corrected chi connectivity index (χ4v) is 2.36. The van der Waals surface area contributed by atoms with Gasteiger partial charge in [-0.15, -0.1) is 0 Å². The van der Waals surface area contributed by atoms with E-state index in [9.17, 15) is 9.59 Å². The van der Waals surface area contributed by atoms with Crippen molar-refractivity contribution in [3.8, 4) is 0 Å². The molecule has 6 heteroatoms. The molecular weight excluding hydrogens is 314 g/mol. The molecular formula is C17H20ClN3O2. The summed E-state index contributed by atoms with van der Waals surface area (Å²) in [5.74, 6) is -0.186. The normalized spacial score (nSPS) is 10.5. The predicted molar refractivity (Wildman–Crippen MR) is 92.1 cm³/mol. The number of benzene rings is 1. The lowest BCUT2D eigenvalue weighted by molar-refractivity contribution is 0.0952. The number of carbonyl (C=O) groups excluding carboxylic acids is 1. The molecule has 1 aromatic heterocycles. The van der Waals surface area contributed by atoms with E-state index < -0.39 is 0 Å². The molecule has 5 nitrogen and oxygen atoms in total. The van der Waals surface area contributed by atoms with Crippen LogP contribution >= 0.6 is 11.6 Å². The largest absolute Gasteiger partial charge is 0.352 e. The third kappa shape index (κ3) is 4.94. The van der Waals surface area contributed by atoms with Crippen molar-refractivity contribution in [2.24, 2.45) is 0 Å². The van der Waals surface area contributed by atoms with Crippen LogP contribution in [0.15, 0.2) is 47.4 Å². The monoisotopic (exact) mass is 333 g/mol. The van der Waals surface area contributed by atoms with Gasteiger partial charge in [0.1, 0.15) is 0 Å². The van der Waals surface area contributed by atoms with Crippen LogP contribution in [0.2, 0.25) is 5.02 Å². The van der Waals surface area contributed by atoms with E-state index in [1.165, 1.54) is 10.6 Å². The Morgan fingerprint density at radius 2 is 1.96 bits per heavy atom. The molecule has 2 aromatic rings. The maximum Gasteiger partial charge on any atom is 0.252 e. The molecule has 0 aliphatic carbocycles. The number of aromatic nitrogens is 1. The van der Waals surface area contributed by atoms with Crippen LogP contribution < -0.4 is 16.2 Å². The summed E-state index contributed by atoms with van der Waals surface area (Å²) >= 11 is 6.13. The van der Waals surface area contributed by atoms with E-state index in [0.717, 1.165) is 18.5 Å². The second-order valence-corrected chi connectivity index (χ2v) is 5.60. The van der Waals surface area contributed by atoms with E-state index in [2.05, 4.69) is 10.6 Å². The lowest BCUT2D eigenvalue weighted by Crippen LogP contribution is -2.28.